The van der Waals surface area contributed by atoms with Crippen molar-refractivity contribution in [1.29, 1.82) is 0 Å². The number of fused-ring (bicyclic) bond motifs is 1. The molecule has 3 rings (SSSR count). The third-order valence-electron chi connectivity index (χ3n) is 4.35. The zero-order valence-corrected chi connectivity index (χ0v) is 15.1. The Hall–Kier alpha value is -2.86. The number of carbonyl (C=O) groups excluding carboxylic acids is 1. The molecule has 0 unspecified atom stereocenters. The number of amides is 1. The summed E-state index contributed by atoms with van der Waals surface area (Å²) in [6.45, 7) is 4.33. The fourth-order valence-corrected chi connectivity index (χ4v) is 2.83. The predicted octanol–water partition coefficient (Wildman–Crippen LogP) is 2.36. The predicted molar refractivity (Wildman–Crippen MR) is 101 cm³/mol. The molecule has 0 saturated carbocycles. The normalized spacial score (nSPS) is 11.2. The smallest absolute Gasteiger partial charge is 0.408 e. The van der Waals surface area contributed by atoms with Gasteiger partial charge < -0.3 is 14.6 Å². The van der Waals surface area contributed by atoms with E-state index in [0.717, 1.165) is 18.7 Å². The molecule has 0 saturated heterocycles. The van der Waals surface area contributed by atoms with Crippen LogP contribution in [0.4, 0.5) is 0 Å². The van der Waals surface area contributed by atoms with Crippen molar-refractivity contribution >= 4 is 17.0 Å². The van der Waals surface area contributed by atoms with Crippen molar-refractivity contribution < 1.29 is 9.21 Å². The second-order valence-corrected chi connectivity index (χ2v) is 6.35. The minimum atomic E-state index is -0.522. The lowest BCUT2D eigenvalue weighted by molar-refractivity contribution is -0.121. The summed E-state index contributed by atoms with van der Waals surface area (Å²) in [5.74, 6) is -0.749. The molecule has 1 N–H and O–H groups in total. The number of nitrogens with zero attached hydrogens (tertiary/aromatic N) is 2. The quantitative estimate of drug-likeness (QED) is 0.708. The van der Waals surface area contributed by atoms with Gasteiger partial charge in [0.05, 0.1) is 5.52 Å². The van der Waals surface area contributed by atoms with E-state index in [9.17, 15) is 9.59 Å². The van der Waals surface area contributed by atoms with Crippen LogP contribution in [0.15, 0.2) is 57.7 Å². The molecule has 3 aromatic rings. The average molecular weight is 353 g/mol. The SMILES string of the molecule is CCN(C)Cc1cccc(CNC(=O)Cn2c(=O)oc3ccccc32)c1. The largest absolute Gasteiger partial charge is 0.420 e. The van der Waals surface area contributed by atoms with Crippen molar-refractivity contribution in [3.63, 3.8) is 0 Å². The lowest BCUT2D eigenvalue weighted by Crippen LogP contribution is -2.30. The van der Waals surface area contributed by atoms with Crippen LogP contribution in [0.5, 0.6) is 0 Å². The van der Waals surface area contributed by atoms with Crippen molar-refractivity contribution in [3.05, 3.63) is 70.2 Å². The summed E-state index contributed by atoms with van der Waals surface area (Å²) >= 11 is 0. The van der Waals surface area contributed by atoms with E-state index >= 15 is 0 Å². The van der Waals surface area contributed by atoms with Crippen LogP contribution in [0.2, 0.25) is 0 Å². The molecule has 136 valence electrons. The molecule has 2 aromatic carbocycles. The van der Waals surface area contributed by atoms with E-state index in [4.69, 9.17) is 4.42 Å². The zero-order chi connectivity index (χ0) is 18.5. The Balaban J connectivity index is 1.63. The second kappa shape index (κ2) is 8.01. The first-order chi connectivity index (χ1) is 12.6. The van der Waals surface area contributed by atoms with E-state index in [-0.39, 0.29) is 12.5 Å². The van der Waals surface area contributed by atoms with E-state index in [1.165, 1.54) is 10.1 Å². The fourth-order valence-electron chi connectivity index (χ4n) is 2.83. The summed E-state index contributed by atoms with van der Waals surface area (Å²) in [7, 11) is 2.07. The second-order valence-electron chi connectivity index (χ2n) is 6.35. The molecule has 6 heteroatoms. The molecule has 0 radical (unpaired) electrons. The van der Waals surface area contributed by atoms with E-state index < -0.39 is 5.76 Å². The van der Waals surface area contributed by atoms with Gasteiger partial charge in [0.25, 0.3) is 0 Å². The van der Waals surface area contributed by atoms with Gasteiger partial charge in [-0.05, 0) is 36.9 Å². The molecule has 0 aliphatic carbocycles. The van der Waals surface area contributed by atoms with Gasteiger partial charge in [0.15, 0.2) is 5.58 Å². The highest BCUT2D eigenvalue weighted by molar-refractivity contribution is 5.79. The Labute approximate surface area is 152 Å². The summed E-state index contributed by atoms with van der Waals surface area (Å²) in [5, 5.41) is 2.87. The van der Waals surface area contributed by atoms with Gasteiger partial charge in [-0.3, -0.25) is 9.36 Å². The van der Waals surface area contributed by atoms with Crippen LogP contribution in [0.3, 0.4) is 0 Å². The molecule has 0 aliphatic heterocycles. The van der Waals surface area contributed by atoms with E-state index in [0.29, 0.717) is 17.6 Å². The monoisotopic (exact) mass is 353 g/mol. The highest BCUT2D eigenvalue weighted by Gasteiger charge is 2.12. The van der Waals surface area contributed by atoms with E-state index in [1.807, 2.05) is 18.2 Å². The maximum atomic E-state index is 12.3. The molecule has 6 nitrogen and oxygen atoms in total. The van der Waals surface area contributed by atoms with Crippen LogP contribution in [-0.4, -0.2) is 29.0 Å². The van der Waals surface area contributed by atoms with Crippen LogP contribution in [0.1, 0.15) is 18.1 Å². The number of nitrogens with one attached hydrogen (secondary N) is 1. The van der Waals surface area contributed by atoms with Gasteiger partial charge in [0.1, 0.15) is 6.54 Å². The van der Waals surface area contributed by atoms with Crippen molar-refractivity contribution in [2.75, 3.05) is 13.6 Å². The minimum absolute atomic E-state index is 0.0614. The van der Waals surface area contributed by atoms with Gasteiger partial charge in [-0.25, -0.2) is 4.79 Å². The first-order valence-electron chi connectivity index (χ1n) is 8.68. The van der Waals surface area contributed by atoms with E-state index in [2.05, 4.69) is 36.3 Å². The first-order valence-corrected chi connectivity index (χ1v) is 8.68. The Morgan fingerprint density at radius 1 is 1.15 bits per heavy atom. The van der Waals surface area contributed by atoms with Crippen LogP contribution in [-0.2, 0) is 24.4 Å². The van der Waals surface area contributed by atoms with Gasteiger partial charge in [0, 0.05) is 13.1 Å². The minimum Gasteiger partial charge on any atom is -0.408 e. The van der Waals surface area contributed by atoms with Gasteiger partial charge in [-0.15, -0.1) is 0 Å². The standard InChI is InChI=1S/C20H23N3O3/c1-3-22(2)13-16-8-6-7-15(11-16)12-21-19(24)14-23-17-9-4-5-10-18(17)26-20(23)25/h4-11H,3,12-14H2,1-2H3,(H,21,24). The van der Waals surface area contributed by atoms with Crippen LogP contribution < -0.4 is 11.1 Å². The molecule has 26 heavy (non-hydrogen) atoms. The fraction of sp³-hybridized carbons (Fsp3) is 0.300. The molecular formula is C20H23N3O3. The van der Waals surface area contributed by atoms with Crippen LogP contribution >= 0.6 is 0 Å². The van der Waals surface area contributed by atoms with Gasteiger partial charge in [-0.1, -0.05) is 43.3 Å². The van der Waals surface area contributed by atoms with Crippen molar-refractivity contribution in [1.82, 2.24) is 14.8 Å². The maximum absolute atomic E-state index is 12.3. The van der Waals surface area contributed by atoms with Crippen molar-refractivity contribution in [3.8, 4) is 0 Å². The molecule has 0 spiro atoms. The maximum Gasteiger partial charge on any atom is 0.420 e. The topological polar surface area (TPSA) is 67.5 Å². The average Bonchev–Trinajstić information content (AvgIpc) is 2.96. The third kappa shape index (κ3) is 4.21. The molecule has 1 aromatic heterocycles. The molecule has 0 bridgehead atoms. The van der Waals surface area contributed by atoms with Gasteiger partial charge in [-0.2, -0.15) is 0 Å². The number of carbonyl (C=O) groups is 1. The van der Waals surface area contributed by atoms with Gasteiger partial charge in [0.2, 0.25) is 5.91 Å². The van der Waals surface area contributed by atoms with E-state index in [1.54, 1.807) is 18.2 Å². The van der Waals surface area contributed by atoms with Gasteiger partial charge >= 0.3 is 5.76 Å². The Morgan fingerprint density at radius 3 is 2.73 bits per heavy atom. The molecule has 0 atom stereocenters. The number of benzene rings is 2. The lowest BCUT2D eigenvalue weighted by atomic mass is 10.1. The number of rotatable bonds is 7. The molecule has 1 amide bonds. The Morgan fingerprint density at radius 2 is 1.92 bits per heavy atom. The highest BCUT2D eigenvalue weighted by atomic mass is 16.4. The number of aromatic nitrogens is 1. The summed E-state index contributed by atoms with van der Waals surface area (Å²) in [6.07, 6.45) is 0. The summed E-state index contributed by atoms with van der Waals surface area (Å²) < 4.78 is 6.49. The summed E-state index contributed by atoms with van der Waals surface area (Å²) in [6, 6.07) is 15.2. The number of oxazole rings is 1. The lowest BCUT2D eigenvalue weighted by Gasteiger charge is -2.14. The van der Waals surface area contributed by atoms with Crippen molar-refractivity contribution in [2.45, 2.75) is 26.6 Å². The zero-order valence-electron chi connectivity index (χ0n) is 15.1. The number of para-hydroxylation sites is 2. The van der Waals surface area contributed by atoms with Crippen molar-refractivity contribution in [2.24, 2.45) is 0 Å². The summed E-state index contributed by atoms with van der Waals surface area (Å²) in [4.78, 5) is 26.4. The first kappa shape index (κ1) is 17.9. The molecular weight excluding hydrogens is 330 g/mol. The molecule has 0 fully saturated rings. The Bertz CT molecular complexity index is 958. The van der Waals surface area contributed by atoms with Crippen LogP contribution in [0, 0.1) is 0 Å². The number of hydrogen-bond acceptors (Lipinski definition) is 4. The molecule has 0 aliphatic rings. The highest BCUT2D eigenvalue weighted by Crippen LogP contribution is 2.11. The molecule has 1 heterocycles. The Kier molecular flexibility index (Phi) is 5.53. The summed E-state index contributed by atoms with van der Waals surface area (Å²) in [5.41, 5.74) is 3.35. The third-order valence-corrected chi connectivity index (χ3v) is 4.35. The number of hydrogen-bond donors (Lipinski definition) is 1. The van der Waals surface area contributed by atoms with Crippen LogP contribution in [0.25, 0.3) is 11.1 Å².